The Labute approximate surface area is 206 Å². The Kier molecular flexibility index (Phi) is 8.91. The quantitative estimate of drug-likeness (QED) is 0.362. The highest BCUT2D eigenvalue weighted by molar-refractivity contribution is 7.99. The largest absolute Gasteiger partial charge is 0.497 e. The van der Waals surface area contributed by atoms with Crippen LogP contribution >= 0.6 is 23.4 Å². The molecule has 0 fully saturated rings. The van der Waals surface area contributed by atoms with Crippen LogP contribution in [0.2, 0.25) is 5.02 Å². The Morgan fingerprint density at radius 1 is 1.21 bits per heavy atom. The van der Waals surface area contributed by atoms with Gasteiger partial charge in [0.15, 0.2) is 11.0 Å². The number of aromatic nitrogens is 3. The van der Waals surface area contributed by atoms with Gasteiger partial charge in [0.05, 0.1) is 19.5 Å². The van der Waals surface area contributed by atoms with Crippen LogP contribution in [0.4, 0.5) is 5.69 Å². The third-order valence-electron chi connectivity index (χ3n) is 5.02. The number of ether oxygens (including phenoxy) is 1. The smallest absolute Gasteiger partial charge is 0.251 e. The van der Waals surface area contributed by atoms with Gasteiger partial charge in [0.2, 0.25) is 5.91 Å². The van der Waals surface area contributed by atoms with Crippen LogP contribution in [-0.4, -0.2) is 51.2 Å². The normalized spacial score (nSPS) is 11.7. The summed E-state index contributed by atoms with van der Waals surface area (Å²) >= 11 is 7.23. The molecule has 2 aromatic carbocycles. The van der Waals surface area contributed by atoms with Gasteiger partial charge in [-0.15, -0.1) is 10.2 Å². The SMILES string of the molecule is CCn1c(SCC(=O)Nc2cc(Cl)ccc2C)nnc1[C@@H](CO)NC(=O)c1ccc(OC)cc1. The zero-order valence-electron chi connectivity index (χ0n) is 19.0. The van der Waals surface area contributed by atoms with Crippen molar-refractivity contribution in [3.63, 3.8) is 0 Å². The highest BCUT2D eigenvalue weighted by atomic mass is 35.5. The molecule has 0 aliphatic rings. The molecule has 0 unspecified atom stereocenters. The lowest BCUT2D eigenvalue weighted by molar-refractivity contribution is -0.113. The fourth-order valence-electron chi connectivity index (χ4n) is 3.18. The first-order valence-electron chi connectivity index (χ1n) is 10.5. The van der Waals surface area contributed by atoms with Gasteiger partial charge in [0.25, 0.3) is 5.91 Å². The molecule has 1 heterocycles. The van der Waals surface area contributed by atoms with Crippen molar-refractivity contribution in [1.29, 1.82) is 0 Å². The minimum absolute atomic E-state index is 0.103. The molecule has 180 valence electrons. The van der Waals surface area contributed by atoms with Gasteiger partial charge in [0.1, 0.15) is 11.8 Å². The molecule has 0 spiro atoms. The number of carbonyl (C=O) groups is 2. The molecule has 9 nitrogen and oxygen atoms in total. The number of halogens is 1. The highest BCUT2D eigenvalue weighted by Crippen LogP contribution is 2.23. The second-order valence-electron chi connectivity index (χ2n) is 7.32. The number of nitrogens with one attached hydrogen (secondary N) is 2. The molecule has 0 saturated heterocycles. The van der Waals surface area contributed by atoms with Gasteiger partial charge in [-0.3, -0.25) is 9.59 Å². The number of rotatable bonds is 10. The molecule has 2 amide bonds. The molecule has 0 radical (unpaired) electrons. The number of nitrogens with zero attached hydrogens (tertiary/aromatic N) is 3. The Morgan fingerprint density at radius 3 is 2.59 bits per heavy atom. The summed E-state index contributed by atoms with van der Waals surface area (Å²) in [4.78, 5) is 25.1. The molecule has 3 N–H and O–H groups in total. The summed E-state index contributed by atoms with van der Waals surface area (Å²) in [5, 5.41) is 24.9. The van der Waals surface area contributed by atoms with Crippen LogP contribution in [0.1, 0.15) is 34.7 Å². The number of hydrogen-bond donors (Lipinski definition) is 3. The summed E-state index contributed by atoms with van der Waals surface area (Å²) in [6.07, 6.45) is 0. The number of carbonyl (C=O) groups excluding carboxylic acids is 2. The van der Waals surface area contributed by atoms with Crippen molar-refractivity contribution in [2.75, 3.05) is 24.8 Å². The summed E-state index contributed by atoms with van der Waals surface area (Å²) in [7, 11) is 1.55. The molecule has 34 heavy (non-hydrogen) atoms. The van der Waals surface area contributed by atoms with E-state index in [2.05, 4.69) is 20.8 Å². The predicted molar refractivity (Wildman–Crippen MR) is 132 cm³/mol. The molecular formula is C23H26ClN5O4S. The van der Waals surface area contributed by atoms with Crippen LogP contribution in [0.15, 0.2) is 47.6 Å². The van der Waals surface area contributed by atoms with Crippen molar-refractivity contribution in [1.82, 2.24) is 20.1 Å². The second-order valence-corrected chi connectivity index (χ2v) is 8.70. The highest BCUT2D eigenvalue weighted by Gasteiger charge is 2.23. The fourth-order valence-corrected chi connectivity index (χ4v) is 4.16. The van der Waals surface area contributed by atoms with Crippen molar-refractivity contribution >= 4 is 40.9 Å². The monoisotopic (exact) mass is 503 g/mol. The lowest BCUT2D eigenvalue weighted by atomic mass is 10.2. The molecule has 3 aromatic rings. The van der Waals surface area contributed by atoms with E-state index in [1.54, 1.807) is 48.1 Å². The van der Waals surface area contributed by atoms with Gasteiger partial charge in [-0.1, -0.05) is 29.4 Å². The van der Waals surface area contributed by atoms with E-state index in [1.165, 1.54) is 11.8 Å². The van der Waals surface area contributed by atoms with Crippen molar-refractivity contribution in [2.45, 2.75) is 31.6 Å². The zero-order chi connectivity index (χ0) is 24.7. The summed E-state index contributed by atoms with van der Waals surface area (Å²) in [6.45, 7) is 3.91. The lowest BCUT2D eigenvalue weighted by Gasteiger charge is -2.17. The molecule has 11 heteroatoms. The topological polar surface area (TPSA) is 118 Å². The molecular weight excluding hydrogens is 478 g/mol. The Hall–Kier alpha value is -3.08. The van der Waals surface area contributed by atoms with Crippen LogP contribution < -0.4 is 15.4 Å². The predicted octanol–water partition coefficient (Wildman–Crippen LogP) is 3.46. The molecule has 0 bridgehead atoms. The van der Waals surface area contributed by atoms with Gasteiger partial charge in [0, 0.05) is 22.8 Å². The standard InChI is InChI=1S/C23H26ClN5O4S/c1-4-29-21(19(12-30)26-22(32)15-6-9-17(33-3)10-7-15)27-28-23(29)34-13-20(31)25-18-11-16(24)8-5-14(18)2/h5-11,19,30H,4,12-13H2,1-3H3,(H,25,31)(H,26,32)/t19-/m1/s1. The van der Waals surface area contributed by atoms with E-state index in [4.69, 9.17) is 16.3 Å². The summed E-state index contributed by atoms with van der Waals surface area (Å²) in [5.74, 6) is 0.566. The summed E-state index contributed by atoms with van der Waals surface area (Å²) in [6, 6.07) is 11.2. The number of amides is 2. The van der Waals surface area contributed by atoms with E-state index in [-0.39, 0.29) is 24.2 Å². The minimum atomic E-state index is -0.765. The molecule has 0 saturated carbocycles. The van der Waals surface area contributed by atoms with E-state index in [9.17, 15) is 14.7 Å². The number of aliphatic hydroxyl groups excluding tert-OH is 1. The molecule has 1 aromatic heterocycles. The fraction of sp³-hybridized carbons (Fsp3) is 0.304. The van der Waals surface area contributed by atoms with Crippen LogP contribution in [0.3, 0.4) is 0 Å². The maximum atomic E-state index is 12.6. The van der Waals surface area contributed by atoms with E-state index in [0.717, 1.165) is 5.56 Å². The molecule has 3 rings (SSSR count). The van der Waals surface area contributed by atoms with Gasteiger partial charge < -0.3 is 25.0 Å². The first-order valence-corrected chi connectivity index (χ1v) is 11.9. The Morgan fingerprint density at radius 2 is 1.94 bits per heavy atom. The Bertz CT molecular complexity index is 1150. The van der Waals surface area contributed by atoms with Crippen LogP contribution in [0, 0.1) is 6.92 Å². The van der Waals surface area contributed by atoms with Crippen LogP contribution in [0.5, 0.6) is 5.75 Å². The number of aliphatic hydroxyl groups is 1. The average molecular weight is 504 g/mol. The summed E-state index contributed by atoms with van der Waals surface area (Å²) in [5.41, 5.74) is 1.97. The minimum Gasteiger partial charge on any atom is -0.497 e. The first-order chi connectivity index (χ1) is 16.4. The van der Waals surface area contributed by atoms with Crippen molar-refractivity contribution in [3.05, 3.63) is 64.4 Å². The Balaban J connectivity index is 1.67. The number of anilines is 1. The van der Waals surface area contributed by atoms with E-state index >= 15 is 0 Å². The van der Waals surface area contributed by atoms with Gasteiger partial charge >= 0.3 is 0 Å². The molecule has 0 aliphatic carbocycles. The zero-order valence-corrected chi connectivity index (χ0v) is 20.6. The third kappa shape index (κ3) is 6.28. The van der Waals surface area contributed by atoms with Gasteiger partial charge in [-0.05, 0) is 55.8 Å². The summed E-state index contributed by atoms with van der Waals surface area (Å²) < 4.78 is 6.87. The van der Waals surface area contributed by atoms with Crippen molar-refractivity contribution in [2.24, 2.45) is 0 Å². The van der Waals surface area contributed by atoms with Gasteiger partial charge in [-0.25, -0.2) is 0 Å². The van der Waals surface area contributed by atoms with Crippen molar-refractivity contribution in [3.8, 4) is 5.75 Å². The number of methoxy groups -OCH3 is 1. The number of benzene rings is 2. The molecule has 0 aliphatic heterocycles. The lowest BCUT2D eigenvalue weighted by Crippen LogP contribution is -2.32. The number of hydrogen-bond acceptors (Lipinski definition) is 7. The van der Waals surface area contributed by atoms with E-state index in [1.807, 2.05) is 19.9 Å². The maximum Gasteiger partial charge on any atom is 0.251 e. The number of aryl methyl sites for hydroxylation is 1. The van der Waals surface area contributed by atoms with E-state index in [0.29, 0.717) is 39.5 Å². The van der Waals surface area contributed by atoms with Crippen LogP contribution in [0.25, 0.3) is 0 Å². The number of thioether (sulfide) groups is 1. The van der Waals surface area contributed by atoms with Gasteiger partial charge in [-0.2, -0.15) is 0 Å². The molecule has 1 atom stereocenters. The first kappa shape index (κ1) is 25.5. The van der Waals surface area contributed by atoms with Crippen LogP contribution in [-0.2, 0) is 11.3 Å². The average Bonchev–Trinajstić information content (AvgIpc) is 3.26. The maximum absolute atomic E-state index is 12.6. The third-order valence-corrected chi connectivity index (χ3v) is 6.22. The van der Waals surface area contributed by atoms with Crippen molar-refractivity contribution < 1.29 is 19.4 Å². The second kappa shape index (κ2) is 11.9. The van der Waals surface area contributed by atoms with E-state index < -0.39 is 6.04 Å².